The molecule has 0 heterocycles. The minimum atomic E-state index is -0.416. The number of amides is 1. The molecule has 1 radical (unpaired) electrons. The van der Waals surface area contributed by atoms with Crippen LogP contribution < -0.4 is 10.1 Å². The fourth-order valence-corrected chi connectivity index (χ4v) is 1.70. The fourth-order valence-electron chi connectivity index (χ4n) is 1.70. The van der Waals surface area contributed by atoms with Crippen LogP contribution in [0.25, 0.3) is 0 Å². The van der Waals surface area contributed by atoms with Crippen molar-refractivity contribution in [3.8, 4) is 5.75 Å². The number of para-hydroxylation sites is 1. The maximum absolute atomic E-state index is 11.1. The molecule has 145 valence electrons. The van der Waals surface area contributed by atoms with Crippen molar-refractivity contribution in [2.24, 2.45) is 0 Å². The first-order valence-corrected chi connectivity index (χ1v) is 7.57. The van der Waals surface area contributed by atoms with Gasteiger partial charge in [0.1, 0.15) is 5.75 Å². The van der Waals surface area contributed by atoms with Gasteiger partial charge in [0, 0.05) is 38.8 Å². The van der Waals surface area contributed by atoms with Crippen LogP contribution in [0.15, 0.2) is 60.7 Å². The number of hydrogen-bond donors (Lipinski definition) is 1. The van der Waals surface area contributed by atoms with Crippen molar-refractivity contribution in [3.05, 3.63) is 66.2 Å². The van der Waals surface area contributed by atoms with Gasteiger partial charge in [-0.15, -0.1) is 0 Å². The van der Waals surface area contributed by atoms with E-state index in [1.165, 1.54) is 5.56 Å². The van der Waals surface area contributed by atoms with E-state index < -0.39 is 6.09 Å². The summed E-state index contributed by atoms with van der Waals surface area (Å²) in [5, 5.41) is 2.63. The summed E-state index contributed by atoms with van der Waals surface area (Å²) in [4.78, 5) is 11.1. The Hall–Kier alpha value is -1.19. The van der Waals surface area contributed by atoms with Gasteiger partial charge in [-0.2, -0.15) is 0 Å². The van der Waals surface area contributed by atoms with Crippen molar-refractivity contribution in [2.45, 2.75) is 61.9 Å². The number of nitrogens with one attached hydrogen (secondary N) is 1. The SMILES string of the molecule is C.C.C.CC(C)NC(=O)Oc1ccccc1.CC(C)c1ccccc1.[Y]. The Kier molecular flexibility index (Phi) is 23.2. The molecule has 0 saturated heterocycles. The fraction of sp³-hybridized carbons (Fsp3) is 0.409. The molecule has 26 heavy (non-hydrogen) atoms. The molecule has 1 amide bonds. The van der Waals surface area contributed by atoms with Crippen LogP contribution in [0.4, 0.5) is 4.79 Å². The molecule has 0 aliphatic rings. The Morgan fingerprint density at radius 3 is 1.58 bits per heavy atom. The van der Waals surface area contributed by atoms with Crippen molar-refractivity contribution >= 4 is 6.09 Å². The third-order valence-electron chi connectivity index (χ3n) is 2.83. The van der Waals surface area contributed by atoms with Crippen LogP contribution in [0, 0.1) is 0 Å². The summed E-state index contributed by atoms with van der Waals surface area (Å²) in [6, 6.07) is 19.6. The molecule has 2 rings (SSSR count). The molecule has 0 fully saturated rings. The predicted molar refractivity (Wildman–Crippen MR) is 111 cm³/mol. The Morgan fingerprint density at radius 2 is 1.23 bits per heavy atom. The molecular formula is C22H37NO2Y. The average Bonchev–Trinajstić information content (AvgIpc) is 2.49. The Balaban J connectivity index is -0.000000168. The minimum absolute atomic E-state index is 0. The van der Waals surface area contributed by atoms with Gasteiger partial charge in [-0.3, -0.25) is 0 Å². The maximum Gasteiger partial charge on any atom is 0.412 e. The topological polar surface area (TPSA) is 38.3 Å². The van der Waals surface area contributed by atoms with E-state index in [4.69, 9.17) is 4.74 Å². The molecule has 0 aliphatic heterocycles. The van der Waals surface area contributed by atoms with Gasteiger partial charge in [0.05, 0.1) is 0 Å². The van der Waals surface area contributed by atoms with Gasteiger partial charge in [-0.25, -0.2) is 4.79 Å². The minimum Gasteiger partial charge on any atom is -0.410 e. The van der Waals surface area contributed by atoms with Gasteiger partial charge in [-0.1, -0.05) is 84.7 Å². The summed E-state index contributed by atoms with van der Waals surface area (Å²) in [5.41, 5.74) is 1.41. The number of carbonyl (C=O) groups is 1. The molecule has 3 nitrogen and oxygen atoms in total. The van der Waals surface area contributed by atoms with Crippen LogP contribution in [0.5, 0.6) is 5.75 Å². The van der Waals surface area contributed by atoms with Crippen molar-refractivity contribution in [2.75, 3.05) is 0 Å². The third-order valence-corrected chi connectivity index (χ3v) is 2.83. The van der Waals surface area contributed by atoms with Crippen LogP contribution in [0.3, 0.4) is 0 Å². The second-order valence-electron chi connectivity index (χ2n) is 5.57. The zero-order chi connectivity index (χ0) is 16.4. The van der Waals surface area contributed by atoms with E-state index in [-0.39, 0.29) is 61.0 Å². The van der Waals surface area contributed by atoms with Crippen molar-refractivity contribution in [3.63, 3.8) is 0 Å². The van der Waals surface area contributed by atoms with Gasteiger partial charge < -0.3 is 10.1 Å². The molecule has 0 atom stereocenters. The third kappa shape index (κ3) is 15.1. The second-order valence-corrected chi connectivity index (χ2v) is 5.57. The number of carbonyl (C=O) groups excluding carboxylic acids is 1. The van der Waals surface area contributed by atoms with Crippen LogP contribution in [0.1, 0.15) is 61.5 Å². The Labute approximate surface area is 186 Å². The number of ether oxygens (including phenoxy) is 1. The monoisotopic (exact) mass is 436 g/mol. The quantitative estimate of drug-likeness (QED) is 0.568. The van der Waals surface area contributed by atoms with Crippen molar-refractivity contribution in [1.29, 1.82) is 0 Å². The van der Waals surface area contributed by atoms with E-state index in [1.807, 2.05) is 38.1 Å². The summed E-state index contributed by atoms with van der Waals surface area (Å²) in [5.74, 6) is 1.21. The number of benzene rings is 2. The summed E-state index contributed by atoms with van der Waals surface area (Å²) in [6.07, 6.45) is -0.416. The van der Waals surface area contributed by atoms with Gasteiger partial charge in [0.2, 0.25) is 0 Å². The van der Waals surface area contributed by atoms with Gasteiger partial charge in [0.25, 0.3) is 0 Å². The van der Waals surface area contributed by atoms with Crippen molar-refractivity contribution in [1.82, 2.24) is 5.32 Å². The Morgan fingerprint density at radius 1 is 0.808 bits per heavy atom. The molecule has 2 aromatic rings. The average molecular weight is 436 g/mol. The zero-order valence-corrected chi connectivity index (χ0v) is 17.2. The summed E-state index contributed by atoms with van der Waals surface area (Å²) in [7, 11) is 0. The first-order chi connectivity index (χ1) is 10.5. The summed E-state index contributed by atoms with van der Waals surface area (Å²) in [6.45, 7) is 8.17. The predicted octanol–water partition coefficient (Wildman–Crippen LogP) is 6.90. The molecule has 0 saturated carbocycles. The molecule has 2 aromatic carbocycles. The maximum atomic E-state index is 11.1. The second kappa shape index (κ2) is 18.6. The molecule has 0 unspecified atom stereocenters. The van der Waals surface area contributed by atoms with Crippen LogP contribution in [-0.4, -0.2) is 12.1 Å². The van der Waals surface area contributed by atoms with Crippen molar-refractivity contribution < 1.29 is 42.2 Å². The largest absolute Gasteiger partial charge is 0.412 e. The van der Waals surface area contributed by atoms with Gasteiger partial charge in [0.15, 0.2) is 0 Å². The van der Waals surface area contributed by atoms with E-state index in [9.17, 15) is 4.79 Å². The normalized spacial score (nSPS) is 8.38. The first-order valence-electron chi connectivity index (χ1n) is 7.57. The summed E-state index contributed by atoms with van der Waals surface area (Å²) < 4.78 is 4.98. The zero-order valence-electron chi connectivity index (χ0n) is 14.3. The van der Waals surface area contributed by atoms with E-state index in [1.54, 1.807) is 12.1 Å². The molecule has 0 bridgehead atoms. The first kappa shape index (κ1) is 32.5. The van der Waals surface area contributed by atoms with E-state index >= 15 is 0 Å². The molecular weight excluding hydrogens is 399 g/mol. The van der Waals surface area contributed by atoms with Crippen LogP contribution >= 0.6 is 0 Å². The molecule has 0 aromatic heterocycles. The van der Waals surface area contributed by atoms with E-state index in [2.05, 4.69) is 43.4 Å². The Bertz CT molecular complexity index is 543. The molecule has 4 heteroatoms. The number of hydrogen-bond acceptors (Lipinski definition) is 2. The van der Waals surface area contributed by atoms with Crippen LogP contribution in [0.2, 0.25) is 0 Å². The summed E-state index contributed by atoms with van der Waals surface area (Å²) >= 11 is 0. The molecule has 0 spiro atoms. The van der Waals surface area contributed by atoms with Gasteiger partial charge in [-0.05, 0) is 37.5 Å². The standard InChI is InChI=1S/C10H13NO2.C9H12.3CH4.Y/c1-8(2)11-10(12)13-9-6-4-3-5-7-9;1-8(2)9-6-4-3-5-7-9;;;;/h3-8H,1-2H3,(H,11,12);3-8H,1-2H3;3*1H4;. The molecule has 1 N–H and O–H groups in total. The van der Waals surface area contributed by atoms with E-state index in [0.717, 1.165) is 0 Å². The molecule has 0 aliphatic carbocycles. The smallest absolute Gasteiger partial charge is 0.410 e. The van der Waals surface area contributed by atoms with E-state index in [0.29, 0.717) is 11.7 Å². The van der Waals surface area contributed by atoms with Crippen LogP contribution in [-0.2, 0) is 32.7 Å². The number of rotatable bonds is 3. The van der Waals surface area contributed by atoms with Gasteiger partial charge >= 0.3 is 6.09 Å².